The second-order valence-corrected chi connectivity index (χ2v) is 4.63. The molecule has 1 aromatic rings. The van der Waals surface area contributed by atoms with E-state index in [1.807, 2.05) is 24.3 Å². The molecule has 0 spiro atoms. The molecule has 0 unspecified atom stereocenters. The first-order valence-corrected chi connectivity index (χ1v) is 5.87. The van der Waals surface area contributed by atoms with Crippen LogP contribution >= 0.6 is 0 Å². The molecule has 2 rings (SSSR count). The van der Waals surface area contributed by atoms with Gasteiger partial charge in [0.25, 0.3) is 0 Å². The number of hydrogen-bond donors (Lipinski definition) is 2. The lowest BCUT2D eigenvalue weighted by atomic mass is 9.94. The number of rotatable bonds is 4. The third kappa shape index (κ3) is 3.05. The molecule has 1 aliphatic heterocycles. The van der Waals surface area contributed by atoms with Crippen molar-refractivity contribution in [3.8, 4) is 0 Å². The van der Waals surface area contributed by atoms with Crippen molar-refractivity contribution in [2.75, 3.05) is 18.5 Å². The number of nitrogens with two attached hydrogens (primary N) is 1. The van der Waals surface area contributed by atoms with Crippen LogP contribution in [0.1, 0.15) is 18.9 Å². The van der Waals surface area contributed by atoms with Gasteiger partial charge in [-0.15, -0.1) is 0 Å². The molecule has 92 valence electrons. The molecule has 0 aromatic heterocycles. The molecule has 0 radical (unpaired) electrons. The summed E-state index contributed by atoms with van der Waals surface area (Å²) in [5, 5.41) is 2.84. The van der Waals surface area contributed by atoms with E-state index in [0.29, 0.717) is 19.6 Å². The average molecular weight is 234 g/mol. The third-order valence-electron chi connectivity index (χ3n) is 2.94. The van der Waals surface area contributed by atoms with Gasteiger partial charge in [-0.25, -0.2) is 0 Å². The van der Waals surface area contributed by atoms with Crippen molar-refractivity contribution in [3.63, 3.8) is 0 Å². The van der Waals surface area contributed by atoms with Gasteiger partial charge >= 0.3 is 0 Å². The van der Waals surface area contributed by atoms with Crippen molar-refractivity contribution in [2.45, 2.75) is 25.3 Å². The highest BCUT2D eigenvalue weighted by molar-refractivity contribution is 5.91. The maximum absolute atomic E-state index is 11.7. The van der Waals surface area contributed by atoms with Gasteiger partial charge in [0.05, 0.1) is 18.8 Å². The molecule has 4 heteroatoms. The Morgan fingerprint density at radius 3 is 2.53 bits per heavy atom. The average Bonchev–Trinajstić information content (AvgIpc) is 2.28. The van der Waals surface area contributed by atoms with E-state index in [4.69, 9.17) is 10.5 Å². The van der Waals surface area contributed by atoms with E-state index in [1.54, 1.807) is 0 Å². The first kappa shape index (κ1) is 12.1. The maximum Gasteiger partial charge on any atom is 0.226 e. The Morgan fingerprint density at radius 2 is 2.06 bits per heavy atom. The molecule has 1 aromatic carbocycles. The molecule has 1 heterocycles. The van der Waals surface area contributed by atoms with Crippen LogP contribution in [0.3, 0.4) is 0 Å². The number of anilines is 1. The van der Waals surface area contributed by atoms with Crippen LogP contribution in [-0.2, 0) is 16.0 Å². The lowest BCUT2D eigenvalue weighted by molar-refractivity contribution is -0.123. The van der Waals surface area contributed by atoms with Crippen LogP contribution < -0.4 is 11.1 Å². The second-order valence-electron chi connectivity index (χ2n) is 4.63. The summed E-state index contributed by atoms with van der Waals surface area (Å²) >= 11 is 0. The van der Waals surface area contributed by atoms with E-state index in [-0.39, 0.29) is 5.91 Å². The zero-order chi connectivity index (χ0) is 12.3. The SMILES string of the molecule is CCc1ccc(NC(=O)CC2(N)COC2)cc1. The molecule has 4 nitrogen and oxygen atoms in total. The maximum atomic E-state index is 11.7. The number of carbonyl (C=O) groups is 1. The Kier molecular flexibility index (Phi) is 3.45. The fourth-order valence-corrected chi connectivity index (χ4v) is 1.82. The number of nitrogens with one attached hydrogen (secondary N) is 1. The molecular formula is C13H18N2O2. The minimum atomic E-state index is -0.465. The Hall–Kier alpha value is -1.39. The van der Waals surface area contributed by atoms with Crippen molar-refractivity contribution >= 4 is 11.6 Å². The van der Waals surface area contributed by atoms with Crippen LogP contribution in [-0.4, -0.2) is 24.7 Å². The predicted octanol–water partition coefficient (Wildman–Crippen LogP) is 1.31. The summed E-state index contributed by atoms with van der Waals surface area (Å²) in [4.78, 5) is 11.7. The zero-order valence-electron chi connectivity index (χ0n) is 10.0. The van der Waals surface area contributed by atoms with Gasteiger partial charge in [-0.1, -0.05) is 19.1 Å². The Morgan fingerprint density at radius 1 is 1.41 bits per heavy atom. The van der Waals surface area contributed by atoms with Crippen molar-refractivity contribution in [3.05, 3.63) is 29.8 Å². The topological polar surface area (TPSA) is 64.4 Å². The first-order chi connectivity index (χ1) is 8.11. The van der Waals surface area contributed by atoms with Gasteiger partial charge in [-0.05, 0) is 24.1 Å². The number of benzene rings is 1. The lowest BCUT2D eigenvalue weighted by Gasteiger charge is -2.37. The van der Waals surface area contributed by atoms with Gasteiger partial charge < -0.3 is 15.8 Å². The minimum absolute atomic E-state index is 0.0555. The number of hydrogen-bond acceptors (Lipinski definition) is 3. The van der Waals surface area contributed by atoms with Crippen molar-refractivity contribution in [2.24, 2.45) is 5.73 Å². The Balaban J connectivity index is 1.89. The summed E-state index contributed by atoms with van der Waals surface area (Å²) in [6.07, 6.45) is 1.31. The Bertz CT molecular complexity index is 396. The van der Waals surface area contributed by atoms with Crippen LogP contribution in [0.4, 0.5) is 5.69 Å². The van der Waals surface area contributed by atoms with Gasteiger partial charge in [-0.3, -0.25) is 4.79 Å². The van der Waals surface area contributed by atoms with E-state index < -0.39 is 5.54 Å². The quantitative estimate of drug-likeness (QED) is 0.825. The number of aryl methyl sites for hydroxylation is 1. The molecule has 0 bridgehead atoms. The monoisotopic (exact) mass is 234 g/mol. The molecule has 1 fully saturated rings. The van der Waals surface area contributed by atoms with E-state index in [0.717, 1.165) is 12.1 Å². The molecule has 0 saturated carbocycles. The van der Waals surface area contributed by atoms with Gasteiger partial charge in [0, 0.05) is 12.1 Å². The van der Waals surface area contributed by atoms with Crippen LogP contribution in [0.2, 0.25) is 0 Å². The standard InChI is InChI=1S/C13H18N2O2/c1-2-10-3-5-11(6-4-10)15-12(16)7-13(14)8-17-9-13/h3-6H,2,7-9,14H2,1H3,(H,15,16). The molecule has 3 N–H and O–H groups in total. The van der Waals surface area contributed by atoms with Gasteiger partial charge in [0.15, 0.2) is 0 Å². The normalized spacial score (nSPS) is 17.3. The lowest BCUT2D eigenvalue weighted by Crippen LogP contribution is -2.58. The first-order valence-electron chi connectivity index (χ1n) is 5.87. The number of amides is 1. The predicted molar refractivity (Wildman–Crippen MR) is 66.8 cm³/mol. The van der Waals surface area contributed by atoms with Gasteiger partial charge in [0.1, 0.15) is 0 Å². The van der Waals surface area contributed by atoms with E-state index >= 15 is 0 Å². The highest BCUT2D eigenvalue weighted by Gasteiger charge is 2.36. The third-order valence-corrected chi connectivity index (χ3v) is 2.94. The van der Waals surface area contributed by atoms with E-state index in [2.05, 4.69) is 12.2 Å². The summed E-state index contributed by atoms with van der Waals surface area (Å²) in [5.41, 5.74) is 7.52. The van der Waals surface area contributed by atoms with Crippen LogP contribution in [0, 0.1) is 0 Å². The number of ether oxygens (including phenoxy) is 1. The summed E-state index contributed by atoms with van der Waals surface area (Å²) in [7, 11) is 0. The van der Waals surface area contributed by atoms with Crippen molar-refractivity contribution in [1.82, 2.24) is 0 Å². The van der Waals surface area contributed by atoms with Gasteiger partial charge in [0.2, 0.25) is 5.91 Å². The second kappa shape index (κ2) is 4.85. The molecular weight excluding hydrogens is 216 g/mol. The fraction of sp³-hybridized carbons (Fsp3) is 0.462. The van der Waals surface area contributed by atoms with Crippen LogP contribution in [0.25, 0.3) is 0 Å². The summed E-state index contributed by atoms with van der Waals surface area (Å²) < 4.78 is 5.01. The minimum Gasteiger partial charge on any atom is -0.377 e. The highest BCUT2D eigenvalue weighted by atomic mass is 16.5. The van der Waals surface area contributed by atoms with Crippen molar-refractivity contribution < 1.29 is 9.53 Å². The summed E-state index contributed by atoms with van der Waals surface area (Å²) in [5.74, 6) is -0.0555. The summed E-state index contributed by atoms with van der Waals surface area (Å²) in [6.45, 7) is 3.03. The number of carbonyl (C=O) groups excluding carboxylic acids is 1. The molecule has 1 saturated heterocycles. The molecule has 1 aliphatic rings. The molecule has 0 atom stereocenters. The Labute approximate surface area is 101 Å². The zero-order valence-corrected chi connectivity index (χ0v) is 10.0. The molecule has 0 aliphatic carbocycles. The smallest absolute Gasteiger partial charge is 0.226 e. The molecule has 1 amide bonds. The fourth-order valence-electron chi connectivity index (χ4n) is 1.82. The van der Waals surface area contributed by atoms with Gasteiger partial charge in [-0.2, -0.15) is 0 Å². The van der Waals surface area contributed by atoms with Crippen LogP contribution in [0.5, 0.6) is 0 Å². The van der Waals surface area contributed by atoms with E-state index in [9.17, 15) is 4.79 Å². The van der Waals surface area contributed by atoms with E-state index in [1.165, 1.54) is 5.56 Å². The van der Waals surface area contributed by atoms with Crippen molar-refractivity contribution in [1.29, 1.82) is 0 Å². The summed E-state index contributed by atoms with van der Waals surface area (Å²) in [6, 6.07) is 7.86. The van der Waals surface area contributed by atoms with Crippen LogP contribution in [0.15, 0.2) is 24.3 Å². The highest BCUT2D eigenvalue weighted by Crippen LogP contribution is 2.19. The largest absolute Gasteiger partial charge is 0.377 e. The molecule has 17 heavy (non-hydrogen) atoms.